The molecular weight excluding hydrogens is 258 g/mol. The zero-order valence-electron chi connectivity index (χ0n) is 13.3. The standard InChI is InChI=1S/C18H25N3/c1-13(2)18-16(10-19-17-7-8-17)11-20-21(18)12-15-6-4-5-14(3)9-15/h4-6,9,11,13,17,19H,7-8,10,12H2,1-3H3. The van der Waals surface area contributed by atoms with Gasteiger partial charge in [-0.15, -0.1) is 0 Å². The van der Waals surface area contributed by atoms with Crippen LogP contribution in [0.2, 0.25) is 0 Å². The van der Waals surface area contributed by atoms with Crippen molar-refractivity contribution in [3.8, 4) is 0 Å². The average Bonchev–Trinajstić information content (AvgIpc) is 3.17. The SMILES string of the molecule is Cc1cccc(Cn2ncc(CNC3CC3)c2C(C)C)c1. The number of nitrogens with zero attached hydrogens (tertiary/aromatic N) is 2. The van der Waals surface area contributed by atoms with E-state index in [-0.39, 0.29) is 0 Å². The Balaban J connectivity index is 1.80. The number of hydrogen-bond donors (Lipinski definition) is 1. The van der Waals surface area contributed by atoms with Crippen molar-refractivity contribution >= 4 is 0 Å². The van der Waals surface area contributed by atoms with Crippen LogP contribution in [0.15, 0.2) is 30.5 Å². The van der Waals surface area contributed by atoms with Gasteiger partial charge in [0.1, 0.15) is 0 Å². The zero-order valence-corrected chi connectivity index (χ0v) is 13.3. The van der Waals surface area contributed by atoms with E-state index in [4.69, 9.17) is 0 Å². The highest BCUT2D eigenvalue weighted by Gasteiger charge is 2.22. The molecule has 1 aliphatic rings. The minimum Gasteiger partial charge on any atom is -0.310 e. The Morgan fingerprint density at radius 3 is 2.81 bits per heavy atom. The molecule has 1 aromatic carbocycles. The highest BCUT2D eigenvalue weighted by atomic mass is 15.3. The molecule has 0 amide bonds. The smallest absolute Gasteiger partial charge is 0.0662 e. The van der Waals surface area contributed by atoms with Gasteiger partial charge in [-0.2, -0.15) is 5.10 Å². The monoisotopic (exact) mass is 283 g/mol. The minimum atomic E-state index is 0.494. The maximum Gasteiger partial charge on any atom is 0.0662 e. The maximum absolute atomic E-state index is 4.64. The lowest BCUT2D eigenvalue weighted by Crippen LogP contribution is -2.17. The second-order valence-corrected chi connectivity index (χ2v) is 6.51. The number of aromatic nitrogens is 2. The largest absolute Gasteiger partial charge is 0.310 e. The Kier molecular flexibility index (Phi) is 4.11. The van der Waals surface area contributed by atoms with E-state index < -0.39 is 0 Å². The van der Waals surface area contributed by atoms with E-state index in [1.165, 1.54) is 35.2 Å². The minimum absolute atomic E-state index is 0.494. The predicted octanol–water partition coefficient (Wildman–Crippen LogP) is 3.62. The van der Waals surface area contributed by atoms with Crippen molar-refractivity contribution in [1.29, 1.82) is 0 Å². The van der Waals surface area contributed by atoms with Gasteiger partial charge in [0.25, 0.3) is 0 Å². The van der Waals surface area contributed by atoms with Crippen molar-refractivity contribution in [2.45, 2.75) is 58.7 Å². The van der Waals surface area contributed by atoms with E-state index in [2.05, 4.69) is 60.1 Å². The number of hydrogen-bond acceptors (Lipinski definition) is 2. The second-order valence-electron chi connectivity index (χ2n) is 6.51. The fourth-order valence-corrected chi connectivity index (χ4v) is 2.89. The summed E-state index contributed by atoms with van der Waals surface area (Å²) >= 11 is 0. The van der Waals surface area contributed by atoms with Crippen LogP contribution in [0.1, 0.15) is 55.0 Å². The summed E-state index contributed by atoms with van der Waals surface area (Å²) in [5.74, 6) is 0.494. The van der Waals surface area contributed by atoms with Gasteiger partial charge in [0.2, 0.25) is 0 Å². The lowest BCUT2D eigenvalue weighted by Gasteiger charge is -2.13. The van der Waals surface area contributed by atoms with Gasteiger partial charge in [-0.1, -0.05) is 43.7 Å². The molecule has 0 unspecified atom stereocenters. The highest BCUT2D eigenvalue weighted by Crippen LogP contribution is 2.23. The molecule has 1 aliphatic carbocycles. The maximum atomic E-state index is 4.64. The summed E-state index contributed by atoms with van der Waals surface area (Å²) in [6, 6.07) is 9.43. The average molecular weight is 283 g/mol. The first-order valence-electron chi connectivity index (χ1n) is 7.97. The lowest BCUT2D eigenvalue weighted by atomic mass is 10.1. The summed E-state index contributed by atoms with van der Waals surface area (Å²) < 4.78 is 2.17. The van der Waals surface area contributed by atoms with Crippen molar-refractivity contribution in [3.63, 3.8) is 0 Å². The number of benzene rings is 1. The van der Waals surface area contributed by atoms with Crippen molar-refractivity contribution in [2.24, 2.45) is 0 Å². The first-order valence-corrected chi connectivity index (χ1v) is 7.97. The third-order valence-corrected chi connectivity index (χ3v) is 4.08. The van der Waals surface area contributed by atoms with Gasteiger partial charge in [-0.25, -0.2) is 0 Å². The van der Waals surface area contributed by atoms with Gasteiger partial charge >= 0.3 is 0 Å². The summed E-state index contributed by atoms with van der Waals surface area (Å²) in [5.41, 5.74) is 5.34. The van der Waals surface area contributed by atoms with Crippen LogP contribution in [-0.2, 0) is 13.1 Å². The Morgan fingerprint density at radius 1 is 1.33 bits per heavy atom. The van der Waals surface area contributed by atoms with Gasteiger partial charge in [0.15, 0.2) is 0 Å². The van der Waals surface area contributed by atoms with Gasteiger partial charge in [0, 0.05) is 23.8 Å². The molecule has 3 heteroatoms. The quantitative estimate of drug-likeness (QED) is 0.877. The Labute approximate surface area is 127 Å². The van der Waals surface area contributed by atoms with Crippen molar-refractivity contribution in [3.05, 3.63) is 52.8 Å². The van der Waals surface area contributed by atoms with E-state index in [9.17, 15) is 0 Å². The van der Waals surface area contributed by atoms with Crippen molar-refractivity contribution < 1.29 is 0 Å². The van der Waals surface area contributed by atoms with Crippen LogP contribution >= 0.6 is 0 Å². The van der Waals surface area contributed by atoms with E-state index in [0.717, 1.165) is 19.1 Å². The molecule has 0 bridgehead atoms. The molecule has 1 aromatic heterocycles. The van der Waals surface area contributed by atoms with Crippen molar-refractivity contribution in [2.75, 3.05) is 0 Å². The molecule has 0 spiro atoms. The predicted molar refractivity (Wildman–Crippen MR) is 86.5 cm³/mol. The number of rotatable bonds is 6. The van der Waals surface area contributed by atoms with E-state index in [1.54, 1.807) is 0 Å². The van der Waals surface area contributed by atoms with Crippen LogP contribution in [0.4, 0.5) is 0 Å². The first-order chi connectivity index (χ1) is 10.1. The van der Waals surface area contributed by atoms with Crippen LogP contribution in [-0.4, -0.2) is 15.8 Å². The van der Waals surface area contributed by atoms with Crippen molar-refractivity contribution in [1.82, 2.24) is 15.1 Å². The molecule has 1 heterocycles. The van der Waals surface area contributed by atoms with Gasteiger partial charge in [0.05, 0.1) is 12.7 Å². The molecule has 2 aromatic rings. The fourth-order valence-electron chi connectivity index (χ4n) is 2.89. The van der Waals surface area contributed by atoms with Gasteiger partial charge in [-0.05, 0) is 31.2 Å². The fraction of sp³-hybridized carbons (Fsp3) is 0.500. The molecule has 1 saturated carbocycles. The first kappa shape index (κ1) is 14.3. The van der Waals surface area contributed by atoms with Crippen LogP contribution in [0.3, 0.4) is 0 Å². The molecule has 21 heavy (non-hydrogen) atoms. The van der Waals surface area contributed by atoms with Gasteiger partial charge in [-0.3, -0.25) is 4.68 Å². The Bertz CT molecular complexity index is 609. The summed E-state index contributed by atoms with van der Waals surface area (Å²) in [5, 5.41) is 8.24. The molecule has 112 valence electrons. The number of aryl methyl sites for hydroxylation is 1. The third-order valence-electron chi connectivity index (χ3n) is 4.08. The van der Waals surface area contributed by atoms with Gasteiger partial charge < -0.3 is 5.32 Å². The molecular formula is C18H25N3. The molecule has 0 saturated heterocycles. The van der Waals surface area contributed by atoms with Crippen LogP contribution in [0, 0.1) is 6.92 Å². The number of nitrogens with one attached hydrogen (secondary N) is 1. The van der Waals surface area contributed by atoms with E-state index in [1.807, 2.05) is 6.20 Å². The molecule has 3 nitrogen and oxygen atoms in total. The lowest BCUT2D eigenvalue weighted by molar-refractivity contribution is 0.606. The molecule has 0 radical (unpaired) electrons. The molecule has 1 fully saturated rings. The summed E-state index contributed by atoms with van der Waals surface area (Å²) in [4.78, 5) is 0. The normalized spacial score (nSPS) is 14.9. The summed E-state index contributed by atoms with van der Waals surface area (Å²) in [6.45, 7) is 8.46. The summed E-state index contributed by atoms with van der Waals surface area (Å²) in [6.07, 6.45) is 4.70. The molecule has 0 aliphatic heterocycles. The zero-order chi connectivity index (χ0) is 14.8. The second kappa shape index (κ2) is 6.02. The Hall–Kier alpha value is -1.61. The topological polar surface area (TPSA) is 29.9 Å². The molecule has 3 rings (SSSR count). The molecule has 1 N–H and O–H groups in total. The summed E-state index contributed by atoms with van der Waals surface area (Å²) in [7, 11) is 0. The van der Waals surface area contributed by atoms with Crippen LogP contribution in [0.5, 0.6) is 0 Å². The molecule has 0 atom stereocenters. The highest BCUT2D eigenvalue weighted by molar-refractivity contribution is 5.26. The van der Waals surface area contributed by atoms with E-state index >= 15 is 0 Å². The van der Waals surface area contributed by atoms with Crippen LogP contribution < -0.4 is 5.32 Å². The third kappa shape index (κ3) is 3.53. The van der Waals surface area contributed by atoms with E-state index in [0.29, 0.717) is 5.92 Å². The van der Waals surface area contributed by atoms with Crippen LogP contribution in [0.25, 0.3) is 0 Å². The Morgan fingerprint density at radius 2 is 2.14 bits per heavy atom.